The van der Waals surface area contributed by atoms with Crippen LogP contribution in [0.4, 0.5) is 11.5 Å². The molecule has 0 amide bonds. The van der Waals surface area contributed by atoms with Crippen molar-refractivity contribution in [1.82, 2.24) is 5.16 Å². The van der Waals surface area contributed by atoms with Crippen LogP contribution in [0.15, 0.2) is 27.6 Å². The van der Waals surface area contributed by atoms with Gasteiger partial charge in [0.2, 0.25) is 0 Å². The second kappa shape index (κ2) is 4.58. The van der Waals surface area contributed by atoms with Crippen molar-refractivity contribution in [2.24, 2.45) is 0 Å². The first-order valence-electron chi connectivity index (χ1n) is 5.62. The largest absolute Gasteiger partial charge is 0.398 e. The van der Waals surface area contributed by atoms with E-state index >= 15 is 0 Å². The van der Waals surface area contributed by atoms with Gasteiger partial charge in [0.15, 0.2) is 5.82 Å². The molecule has 19 heavy (non-hydrogen) atoms. The summed E-state index contributed by atoms with van der Waals surface area (Å²) >= 11 is 0. The summed E-state index contributed by atoms with van der Waals surface area (Å²) in [4.78, 5) is 0.144. The predicted octanol–water partition coefficient (Wildman–Crippen LogP) is 1.98. The number of nitrogens with two attached hydrogens (primary N) is 1. The van der Waals surface area contributed by atoms with Crippen LogP contribution >= 0.6 is 0 Å². The molecule has 0 fully saturated rings. The first kappa shape index (κ1) is 13.4. The van der Waals surface area contributed by atoms with Crippen LogP contribution < -0.4 is 10.5 Å². The summed E-state index contributed by atoms with van der Waals surface area (Å²) in [6, 6.07) is 4.81. The summed E-state index contributed by atoms with van der Waals surface area (Å²) in [6.07, 6.45) is 0. The molecule has 0 atom stereocenters. The molecule has 1 aromatic carbocycles. The smallest absolute Gasteiger partial charge is 0.263 e. The number of rotatable bonds is 3. The number of benzene rings is 1. The molecule has 0 unspecified atom stereocenters. The zero-order valence-corrected chi connectivity index (χ0v) is 11.7. The molecule has 0 aliphatic carbocycles. The van der Waals surface area contributed by atoms with Gasteiger partial charge < -0.3 is 10.3 Å². The fourth-order valence-corrected chi connectivity index (χ4v) is 3.08. The lowest BCUT2D eigenvalue weighted by molar-refractivity contribution is 0.400. The third-order valence-corrected chi connectivity index (χ3v) is 4.18. The molecule has 3 N–H and O–H groups in total. The maximum atomic E-state index is 12.3. The molecule has 0 spiro atoms. The highest BCUT2D eigenvalue weighted by molar-refractivity contribution is 7.92. The number of aryl methyl sites for hydroxylation is 2. The Kier molecular flexibility index (Phi) is 3.23. The SMILES string of the molecule is Cc1cc(N)c(C)c(S(=O)(=O)Nc2cc(C)on2)c1. The van der Waals surface area contributed by atoms with Crippen LogP contribution in [0.25, 0.3) is 0 Å². The Morgan fingerprint density at radius 1 is 1.21 bits per heavy atom. The van der Waals surface area contributed by atoms with Crippen LogP contribution in [0, 0.1) is 20.8 Å². The molecule has 7 heteroatoms. The van der Waals surface area contributed by atoms with Gasteiger partial charge in [0, 0.05) is 11.8 Å². The molecule has 6 nitrogen and oxygen atoms in total. The second-order valence-corrected chi connectivity index (χ2v) is 6.06. The van der Waals surface area contributed by atoms with Gasteiger partial charge in [-0.3, -0.25) is 4.72 Å². The van der Waals surface area contributed by atoms with E-state index in [-0.39, 0.29) is 10.7 Å². The highest BCUT2D eigenvalue weighted by Crippen LogP contribution is 2.24. The number of hydrogen-bond donors (Lipinski definition) is 2. The van der Waals surface area contributed by atoms with Crippen LogP contribution in [-0.4, -0.2) is 13.6 Å². The zero-order chi connectivity index (χ0) is 14.2. The van der Waals surface area contributed by atoms with Crippen molar-refractivity contribution in [3.8, 4) is 0 Å². The Morgan fingerprint density at radius 2 is 1.89 bits per heavy atom. The summed E-state index contributed by atoms with van der Waals surface area (Å²) in [5.41, 5.74) is 7.52. The average Bonchev–Trinajstić information content (AvgIpc) is 2.68. The third kappa shape index (κ3) is 2.70. The maximum absolute atomic E-state index is 12.3. The molecule has 0 saturated carbocycles. The minimum Gasteiger partial charge on any atom is -0.398 e. The van der Waals surface area contributed by atoms with E-state index in [0.29, 0.717) is 17.0 Å². The number of nitrogens with zero attached hydrogens (tertiary/aromatic N) is 1. The molecule has 0 aliphatic rings. The number of nitrogen functional groups attached to an aromatic ring is 1. The van der Waals surface area contributed by atoms with E-state index < -0.39 is 10.0 Å². The first-order chi connectivity index (χ1) is 8.79. The number of sulfonamides is 1. The van der Waals surface area contributed by atoms with E-state index in [0.717, 1.165) is 5.56 Å². The number of aromatic nitrogens is 1. The normalized spacial score (nSPS) is 11.5. The molecular formula is C12H15N3O3S. The molecule has 1 heterocycles. The lowest BCUT2D eigenvalue weighted by Crippen LogP contribution is -2.15. The Morgan fingerprint density at radius 3 is 2.47 bits per heavy atom. The molecule has 0 saturated heterocycles. The minimum absolute atomic E-state index is 0.144. The van der Waals surface area contributed by atoms with Gasteiger partial charge in [0.1, 0.15) is 5.76 Å². The van der Waals surface area contributed by atoms with Crippen LogP contribution in [0.1, 0.15) is 16.9 Å². The van der Waals surface area contributed by atoms with Gasteiger partial charge in [-0.2, -0.15) is 0 Å². The lowest BCUT2D eigenvalue weighted by atomic mass is 10.1. The summed E-state index contributed by atoms with van der Waals surface area (Å²) in [6.45, 7) is 5.13. The Balaban J connectivity index is 2.45. The van der Waals surface area contributed by atoms with Gasteiger partial charge in [-0.15, -0.1) is 0 Å². The monoisotopic (exact) mass is 281 g/mol. The average molecular weight is 281 g/mol. The van der Waals surface area contributed by atoms with Crippen LogP contribution in [0.5, 0.6) is 0 Å². The van der Waals surface area contributed by atoms with Crippen molar-refractivity contribution in [2.75, 3.05) is 10.5 Å². The Hall–Kier alpha value is -2.02. The topological polar surface area (TPSA) is 98.2 Å². The van der Waals surface area contributed by atoms with Gasteiger partial charge in [-0.05, 0) is 44.0 Å². The number of hydrogen-bond acceptors (Lipinski definition) is 5. The zero-order valence-electron chi connectivity index (χ0n) is 10.9. The van der Waals surface area contributed by atoms with Gasteiger partial charge >= 0.3 is 0 Å². The molecule has 2 aromatic rings. The van der Waals surface area contributed by atoms with E-state index in [4.69, 9.17) is 10.3 Å². The molecule has 0 radical (unpaired) electrons. The third-order valence-electron chi connectivity index (χ3n) is 2.70. The minimum atomic E-state index is -3.73. The first-order valence-corrected chi connectivity index (χ1v) is 7.11. The highest BCUT2D eigenvalue weighted by atomic mass is 32.2. The van der Waals surface area contributed by atoms with Crippen molar-refractivity contribution in [1.29, 1.82) is 0 Å². The standard InChI is InChI=1S/C12H15N3O3S/c1-7-4-10(13)9(3)11(5-7)19(16,17)15-12-6-8(2)18-14-12/h4-6H,13H2,1-3H3,(H,14,15). The van der Waals surface area contributed by atoms with Gasteiger partial charge in [-0.25, -0.2) is 8.42 Å². The summed E-state index contributed by atoms with van der Waals surface area (Å²) in [7, 11) is -3.73. The van der Waals surface area contributed by atoms with Crippen molar-refractivity contribution < 1.29 is 12.9 Å². The fourth-order valence-electron chi connectivity index (χ4n) is 1.74. The molecular weight excluding hydrogens is 266 g/mol. The van der Waals surface area contributed by atoms with Gasteiger partial charge in [-0.1, -0.05) is 5.16 Å². The van der Waals surface area contributed by atoms with Crippen LogP contribution in [0.2, 0.25) is 0 Å². The van der Waals surface area contributed by atoms with E-state index in [1.807, 2.05) is 0 Å². The van der Waals surface area contributed by atoms with E-state index in [2.05, 4.69) is 9.88 Å². The second-order valence-electron chi connectivity index (χ2n) is 4.41. The molecule has 102 valence electrons. The lowest BCUT2D eigenvalue weighted by Gasteiger charge is -2.11. The molecule has 0 aliphatic heterocycles. The highest BCUT2D eigenvalue weighted by Gasteiger charge is 2.20. The number of nitrogens with one attached hydrogen (secondary N) is 1. The predicted molar refractivity (Wildman–Crippen MR) is 72.4 cm³/mol. The van der Waals surface area contributed by atoms with E-state index in [1.54, 1.807) is 32.9 Å². The molecule has 0 bridgehead atoms. The summed E-state index contributed by atoms with van der Waals surface area (Å²) in [5, 5.41) is 3.60. The fraction of sp³-hybridized carbons (Fsp3) is 0.250. The summed E-state index contributed by atoms with van der Waals surface area (Å²) < 4.78 is 31.8. The van der Waals surface area contributed by atoms with Gasteiger partial charge in [0.25, 0.3) is 10.0 Å². The van der Waals surface area contributed by atoms with E-state index in [9.17, 15) is 8.42 Å². The van der Waals surface area contributed by atoms with Gasteiger partial charge in [0.05, 0.1) is 4.90 Å². The van der Waals surface area contributed by atoms with Crippen molar-refractivity contribution in [3.05, 3.63) is 35.1 Å². The van der Waals surface area contributed by atoms with Crippen molar-refractivity contribution >= 4 is 21.5 Å². The van der Waals surface area contributed by atoms with Crippen molar-refractivity contribution in [3.63, 3.8) is 0 Å². The Labute approximate surface area is 111 Å². The van der Waals surface area contributed by atoms with E-state index in [1.165, 1.54) is 6.07 Å². The Bertz CT molecular complexity index is 720. The molecule has 2 rings (SSSR count). The molecule has 1 aromatic heterocycles. The van der Waals surface area contributed by atoms with Crippen LogP contribution in [-0.2, 0) is 10.0 Å². The maximum Gasteiger partial charge on any atom is 0.263 e. The summed E-state index contributed by atoms with van der Waals surface area (Å²) in [5.74, 6) is 0.676. The quantitative estimate of drug-likeness (QED) is 0.838. The number of anilines is 2. The van der Waals surface area contributed by atoms with Crippen molar-refractivity contribution in [2.45, 2.75) is 25.7 Å². The van der Waals surface area contributed by atoms with Crippen LogP contribution in [0.3, 0.4) is 0 Å².